The van der Waals surface area contributed by atoms with Crippen molar-refractivity contribution in [3.05, 3.63) is 47.5 Å². The zero-order valence-corrected chi connectivity index (χ0v) is 13.2. The van der Waals surface area contributed by atoms with Crippen LogP contribution in [0.4, 0.5) is 0 Å². The molecule has 0 bridgehead atoms. The molecule has 0 radical (unpaired) electrons. The normalized spacial score (nSPS) is 15.7. The van der Waals surface area contributed by atoms with Crippen LogP contribution in [0.1, 0.15) is 28.9 Å². The van der Waals surface area contributed by atoms with Crippen molar-refractivity contribution in [2.75, 3.05) is 20.0 Å². The van der Waals surface area contributed by atoms with Crippen molar-refractivity contribution < 1.29 is 23.7 Å². The van der Waals surface area contributed by atoms with Gasteiger partial charge in [0.1, 0.15) is 13.2 Å². The molecule has 2 aliphatic rings. The number of fused-ring (bicyclic) bond motifs is 2. The topological polar surface area (TPSA) is 66.0 Å². The first-order valence-electron chi connectivity index (χ1n) is 7.81. The molecule has 4 rings (SSSR count). The van der Waals surface area contributed by atoms with Crippen LogP contribution in [0.2, 0.25) is 0 Å². The van der Waals surface area contributed by atoms with Crippen LogP contribution in [0.15, 0.2) is 36.4 Å². The number of nitrogens with one attached hydrogen (secondary N) is 1. The third kappa shape index (κ3) is 2.71. The Labute approximate surface area is 139 Å². The number of rotatable bonds is 3. The van der Waals surface area contributed by atoms with Gasteiger partial charge in [0.25, 0.3) is 5.91 Å². The van der Waals surface area contributed by atoms with Gasteiger partial charge in [-0.15, -0.1) is 0 Å². The maximum absolute atomic E-state index is 12.5. The summed E-state index contributed by atoms with van der Waals surface area (Å²) in [4.78, 5) is 12.5. The van der Waals surface area contributed by atoms with Gasteiger partial charge < -0.3 is 24.3 Å². The molecule has 0 spiro atoms. The number of hydrogen-bond acceptors (Lipinski definition) is 5. The molecular formula is C18H17NO5. The maximum Gasteiger partial charge on any atom is 0.251 e. The van der Waals surface area contributed by atoms with E-state index in [1.54, 1.807) is 18.2 Å². The van der Waals surface area contributed by atoms with Gasteiger partial charge in [0.05, 0.1) is 6.04 Å². The Kier molecular flexibility index (Phi) is 3.65. The lowest BCUT2D eigenvalue weighted by Gasteiger charge is -2.21. The van der Waals surface area contributed by atoms with Crippen LogP contribution >= 0.6 is 0 Å². The first-order valence-corrected chi connectivity index (χ1v) is 7.81. The van der Waals surface area contributed by atoms with Crippen molar-refractivity contribution in [1.82, 2.24) is 5.32 Å². The van der Waals surface area contributed by atoms with Crippen LogP contribution in [0.25, 0.3) is 0 Å². The monoisotopic (exact) mass is 327 g/mol. The Morgan fingerprint density at radius 1 is 0.917 bits per heavy atom. The lowest BCUT2D eigenvalue weighted by Crippen LogP contribution is -2.26. The Morgan fingerprint density at radius 2 is 1.58 bits per heavy atom. The maximum atomic E-state index is 12.5. The minimum atomic E-state index is -0.171. The molecule has 2 aromatic rings. The third-order valence-electron chi connectivity index (χ3n) is 4.05. The highest BCUT2D eigenvalue weighted by Gasteiger charge is 2.19. The molecule has 2 aromatic carbocycles. The van der Waals surface area contributed by atoms with Crippen molar-refractivity contribution in [3.8, 4) is 23.0 Å². The molecule has 0 aliphatic carbocycles. The molecule has 0 saturated carbocycles. The predicted octanol–water partition coefficient (Wildman–Crippen LogP) is 2.68. The first-order chi connectivity index (χ1) is 11.7. The highest BCUT2D eigenvalue weighted by atomic mass is 16.7. The Hall–Kier alpha value is -2.89. The summed E-state index contributed by atoms with van der Waals surface area (Å²) >= 11 is 0. The lowest BCUT2D eigenvalue weighted by atomic mass is 10.1. The molecule has 6 nitrogen and oxygen atoms in total. The fraction of sp³-hybridized carbons (Fsp3) is 0.278. The van der Waals surface area contributed by atoms with Crippen LogP contribution in [-0.4, -0.2) is 25.9 Å². The van der Waals surface area contributed by atoms with Crippen molar-refractivity contribution in [3.63, 3.8) is 0 Å². The number of carbonyl (C=O) groups excluding carboxylic acids is 1. The molecule has 24 heavy (non-hydrogen) atoms. The highest BCUT2D eigenvalue weighted by molar-refractivity contribution is 5.95. The second-order valence-corrected chi connectivity index (χ2v) is 5.67. The van der Waals surface area contributed by atoms with Gasteiger partial charge in [0.15, 0.2) is 23.0 Å². The largest absolute Gasteiger partial charge is 0.486 e. The summed E-state index contributed by atoms with van der Waals surface area (Å²) in [5.74, 6) is 2.53. The Balaban J connectivity index is 1.49. The van der Waals surface area contributed by atoms with Crippen molar-refractivity contribution in [2.24, 2.45) is 0 Å². The smallest absolute Gasteiger partial charge is 0.251 e. The summed E-state index contributed by atoms with van der Waals surface area (Å²) in [6, 6.07) is 10.7. The van der Waals surface area contributed by atoms with Crippen LogP contribution in [0.5, 0.6) is 23.0 Å². The zero-order valence-electron chi connectivity index (χ0n) is 13.2. The van der Waals surface area contributed by atoms with E-state index in [0.717, 1.165) is 11.3 Å². The number of ether oxygens (including phenoxy) is 4. The van der Waals surface area contributed by atoms with E-state index in [2.05, 4.69) is 5.32 Å². The summed E-state index contributed by atoms with van der Waals surface area (Å²) in [7, 11) is 0. The fourth-order valence-electron chi connectivity index (χ4n) is 2.73. The second-order valence-electron chi connectivity index (χ2n) is 5.67. The highest BCUT2D eigenvalue weighted by Crippen LogP contribution is 2.34. The molecule has 0 fully saturated rings. The minimum Gasteiger partial charge on any atom is -0.486 e. The molecule has 0 aromatic heterocycles. The molecule has 124 valence electrons. The van der Waals surface area contributed by atoms with E-state index in [9.17, 15) is 4.79 Å². The summed E-state index contributed by atoms with van der Waals surface area (Å²) in [6.07, 6.45) is 0. The van der Waals surface area contributed by atoms with Crippen molar-refractivity contribution in [1.29, 1.82) is 0 Å². The van der Waals surface area contributed by atoms with Crippen molar-refractivity contribution in [2.45, 2.75) is 13.0 Å². The van der Waals surface area contributed by atoms with E-state index in [0.29, 0.717) is 36.0 Å². The predicted molar refractivity (Wildman–Crippen MR) is 85.9 cm³/mol. The summed E-state index contributed by atoms with van der Waals surface area (Å²) in [5, 5.41) is 2.98. The fourth-order valence-corrected chi connectivity index (χ4v) is 2.73. The van der Waals surface area contributed by atoms with Gasteiger partial charge in [-0.25, -0.2) is 0 Å². The number of amides is 1. The molecule has 2 heterocycles. The third-order valence-corrected chi connectivity index (χ3v) is 4.05. The van der Waals surface area contributed by atoms with Crippen LogP contribution in [-0.2, 0) is 0 Å². The average molecular weight is 327 g/mol. The molecule has 0 saturated heterocycles. The van der Waals surface area contributed by atoms with Gasteiger partial charge in [0.2, 0.25) is 6.79 Å². The zero-order chi connectivity index (χ0) is 16.5. The Morgan fingerprint density at radius 3 is 2.46 bits per heavy atom. The Bertz CT molecular complexity index is 789. The molecular weight excluding hydrogens is 310 g/mol. The number of hydrogen-bond donors (Lipinski definition) is 1. The standard InChI is InChI=1S/C18H17NO5/c1-11(12-2-4-14-16(8-12)22-7-6-21-14)19-18(20)13-3-5-15-17(9-13)24-10-23-15/h2-5,8-9,11H,6-7,10H2,1H3,(H,19,20)/t11-/m0/s1. The average Bonchev–Trinajstić information content (AvgIpc) is 3.08. The molecule has 0 unspecified atom stereocenters. The summed E-state index contributed by atoms with van der Waals surface area (Å²) in [5.41, 5.74) is 1.48. The van der Waals surface area contributed by atoms with Crippen LogP contribution in [0, 0.1) is 0 Å². The van der Waals surface area contributed by atoms with E-state index in [-0.39, 0.29) is 18.7 Å². The molecule has 1 N–H and O–H groups in total. The molecule has 2 aliphatic heterocycles. The number of carbonyl (C=O) groups is 1. The second kappa shape index (κ2) is 5.96. The van der Waals surface area contributed by atoms with Gasteiger partial charge in [-0.3, -0.25) is 4.79 Å². The van der Waals surface area contributed by atoms with Crippen LogP contribution < -0.4 is 24.3 Å². The SMILES string of the molecule is C[C@H](NC(=O)c1ccc2c(c1)OCO2)c1ccc2c(c1)OCCO2. The van der Waals surface area contributed by atoms with Gasteiger partial charge in [-0.1, -0.05) is 6.07 Å². The van der Waals surface area contributed by atoms with Gasteiger partial charge in [-0.05, 0) is 42.8 Å². The van der Waals surface area contributed by atoms with E-state index in [1.807, 2.05) is 25.1 Å². The summed E-state index contributed by atoms with van der Waals surface area (Å²) < 4.78 is 21.7. The molecule has 1 amide bonds. The van der Waals surface area contributed by atoms with E-state index in [1.165, 1.54) is 0 Å². The van der Waals surface area contributed by atoms with Crippen LogP contribution in [0.3, 0.4) is 0 Å². The number of benzene rings is 2. The van der Waals surface area contributed by atoms with Gasteiger partial charge in [0, 0.05) is 5.56 Å². The van der Waals surface area contributed by atoms with E-state index in [4.69, 9.17) is 18.9 Å². The van der Waals surface area contributed by atoms with E-state index < -0.39 is 0 Å². The molecule has 1 atom stereocenters. The van der Waals surface area contributed by atoms with Crippen molar-refractivity contribution >= 4 is 5.91 Å². The summed E-state index contributed by atoms with van der Waals surface area (Å²) in [6.45, 7) is 3.21. The van der Waals surface area contributed by atoms with Gasteiger partial charge in [-0.2, -0.15) is 0 Å². The van der Waals surface area contributed by atoms with E-state index >= 15 is 0 Å². The lowest BCUT2D eigenvalue weighted by molar-refractivity contribution is 0.0939. The van der Waals surface area contributed by atoms with Gasteiger partial charge >= 0.3 is 0 Å². The quantitative estimate of drug-likeness (QED) is 0.939. The molecule has 6 heteroatoms. The first kappa shape index (κ1) is 14.7. The minimum absolute atomic E-state index is 0.168.